The van der Waals surface area contributed by atoms with Crippen LogP contribution >= 0.6 is 23.1 Å². The molecule has 0 spiro atoms. The van der Waals surface area contributed by atoms with Crippen molar-refractivity contribution in [3.8, 4) is 0 Å². The molecule has 142 valence electrons. The van der Waals surface area contributed by atoms with Gasteiger partial charge in [-0.1, -0.05) is 54.6 Å². The molecule has 1 aromatic heterocycles. The Kier molecular flexibility index (Phi) is 7.01. The molecule has 0 unspecified atom stereocenters. The van der Waals surface area contributed by atoms with Crippen LogP contribution in [0.2, 0.25) is 0 Å². The number of nitrogens with zero attached hydrogens (tertiary/aromatic N) is 3. The van der Waals surface area contributed by atoms with E-state index in [4.69, 9.17) is 0 Å². The van der Waals surface area contributed by atoms with E-state index in [1.165, 1.54) is 23.1 Å². The summed E-state index contributed by atoms with van der Waals surface area (Å²) in [6.45, 7) is 5.69. The summed E-state index contributed by atoms with van der Waals surface area (Å²) in [4.78, 5) is 12.8. The third kappa shape index (κ3) is 5.18. The normalized spacial score (nSPS) is 12.6. The van der Waals surface area contributed by atoms with Gasteiger partial charge in [-0.2, -0.15) is 0 Å². The number of hydrogen-bond donors (Lipinski definition) is 1. The van der Waals surface area contributed by atoms with Gasteiger partial charge in [0.2, 0.25) is 21.1 Å². The number of anilines is 2. The second-order valence-corrected chi connectivity index (χ2v) is 9.96. The lowest BCUT2D eigenvalue weighted by atomic mass is 10.1. The van der Waals surface area contributed by atoms with Crippen LogP contribution in [0.3, 0.4) is 0 Å². The van der Waals surface area contributed by atoms with Crippen LogP contribution in [0, 0.1) is 6.92 Å². The van der Waals surface area contributed by atoms with E-state index in [2.05, 4.69) is 15.5 Å². The number of aryl methyl sites for hydroxylation is 1. The number of thioether (sulfide) groups is 1. The molecule has 0 saturated heterocycles. The van der Waals surface area contributed by atoms with Gasteiger partial charge in [0.1, 0.15) is 6.04 Å². The van der Waals surface area contributed by atoms with Crippen LogP contribution in [0.4, 0.5) is 10.8 Å². The highest BCUT2D eigenvalue weighted by atomic mass is 32.2. The molecule has 0 saturated carbocycles. The summed E-state index contributed by atoms with van der Waals surface area (Å²) >= 11 is 2.80. The first-order chi connectivity index (χ1) is 12.3. The van der Waals surface area contributed by atoms with Crippen molar-refractivity contribution in [3.05, 3.63) is 29.8 Å². The zero-order chi connectivity index (χ0) is 19.3. The summed E-state index contributed by atoms with van der Waals surface area (Å²) in [5.41, 5.74) is 1.47. The molecule has 0 radical (unpaired) electrons. The summed E-state index contributed by atoms with van der Waals surface area (Å²) in [7, 11) is -3.65. The molecule has 0 bridgehead atoms. The first-order valence-corrected chi connectivity index (χ1v) is 11.7. The summed E-state index contributed by atoms with van der Waals surface area (Å²) < 4.78 is 26.7. The molecule has 0 aliphatic rings. The van der Waals surface area contributed by atoms with Crippen LogP contribution in [0.5, 0.6) is 0 Å². The minimum absolute atomic E-state index is 0.322. The van der Waals surface area contributed by atoms with Crippen LogP contribution in [-0.4, -0.2) is 42.6 Å². The first kappa shape index (κ1) is 20.7. The van der Waals surface area contributed by atoms with Gasteiger partial charge in [0.05, 0.1) is 11.9 Å². The Hall–Kier alpha value is -1.65. The topological polar surface area (TPSA) is 92.3 Å². The number of sulfonamides is 1. The van der Waals surface area contributed by atoms with Gasteiger partial charge < -0.3 is 0 Å². The lowest BCUT2D eigenvalue weighted by Crippen LogP contribution is -2.47. The summed E-state index contributed by atoms with van der Waals surface area (Å²) in [5, 5.41) is 11.0. The third-order valence-electron chi connectivity index (χ3n) is 3.52. The van der Waals surface area contributed by atoms with Gasteiger partial charge in [0.15, 0.2) is 4.34 Å². The molecule has 1 atom stereocenters. The molecule has 0 fully saturated rings. The van der Waals surface area contributed by atoms with E-state index in [1.807, 2.05) is 26.0 Å². The largest absolute Gasteiger partial charge is 0.299 e. The Morgan fingerprint density at radius 1 is 1.27 bits per heavy atom. The maximum Gasteiger partial charge on any atom is 0.250 e. The highest BCUT2D eigenvalue weighted by Gasteiger charge is 2.32. The highest BCUT2D eigenvalue weighted by Crippen LogP contribution is 2.27. The minimum atomic E-state index is -3.65. The number of carbonyl (C=O) groups excluding carboxylic acids is 1. The van der Waals surface area contributed by atoms with E-state index in [9.17, 15) is 13.2 Å². The maximum absolute atomic E-state index is 12.8. The quantitative estimate of drug-likeness (QED) is 0.527. The van der Waals surface area contributed by atoms with Gasteiger partial charge in [0.25, 0.3) is 0 Å². The smallest absolute Gasteiger partial charge is 0.250 e. The van der Waals surface area contributed by atoms with Gasteiger partial charge in [-0.3, -0.25) is 14.4 Å². The number of nitrogens with one attached hydrogen (secondary N) is 1. The van der Waals surface area contributed by atoms with Gasteiger partial charge in [-0.05, 0) is 31.2 Å². The minimum Gasteiger partial charge on any atom is -0.299 e. The molecule has 1 aromatic carbocycles. The number of aromatic nitrogens is 2. The van der Waals surface area contributed by atoms with Crippen LogP contribution in [0.15, 0.2) is 28.6 Å². The zero-order valence-electron chi connectivity index (χ0n) is 15.1. The Labute approximate surface area is 162 Å². The van der Waals surface area contributed by atoms with Crippen molar-refractivity contribution in [3.63, 3.8) is 0 Å². The Morgan fingerprint density at radius 2 is 1.92 bits per heavy atom. The Morgan fingerprint density at radius 3 is 2.46 bits per heavy atom. The summed E-state index contributed by atoms with van der Waals surface area (Å²) in [5.74, 6) is 0.429. The van der Waals surface area contributed by atoms with E-state index in [0.29, 0.717) is 17.2 Å². The van der Waals surface area contributed by atoms with Gasteiger partial charge >= 0.3 is 0 Å². The summed E-state index contributed by atoms with van der Waals surface area (Å²) in [6.07, 6.45) is 1.42. The van der Waals surface area contributed by atoms with E-state index >= 15 is 0 Å². The number of benzene rings is 1. The Bertz CT molecular complexity index is 850. The van der Waals surface area contributed by atoms with Gasteiger partial charge in [0, 0.05) is 0 Å². The molecular formula is C16H22N4O3S3. The van der Waals surface area contributed by atoms with Crippen molar-refractivity contribution in [1.29, 1.82) is 0 Å². The van der Waals surface area contributed by atoms with Crippen molar-refractivity contribution in [1.82, 2.24) is 10.2 Å². The van der Waals surface area contributed by atoms with Crippen molar-refractivity contribution in [2.75, 3.05) is 21.6 Å². The molecule has 0 aliphatic carbocycles. The molecule has 1 heterocycles. The molecule has 2 rings (SSSR count). The SMILES string of the molecule is CCSc1nnc(NC(=O)[C@@H](CC)N(c2ccc(C)cc2)S(C)(=O)=O)s1. The van der Waals surface area contributed by atoms with Crippen molar-refractivity contribution in [2.45, 2.75) is 37.6 Å². The summed E-state index contributed by atoms with van der Waals surface area (Å²) in [6, 6.07) is 6.16. The molecule has 26 heavy (non-hydrogen) atoms. The van der Waals surface area contributed by atoms with Crippen LogP contribution in [0.25, 0.3) is 0 Å². The van der Waals surface area contributed by atoms with Crippen molar-refractivity contribution in [2.24, 2.45) is 0 Å². The average Bonchev–Trinajstić information content (AvgIpc) is 3.00. The molecule has 0 aliphatic heterocycles. The number of amides is 1. The van der Waals surface area contributed by atoms with Crippen molar-refractivity contribution < 1.29 is 13.2 Å². The van der Waals surface area contributed by atoms with E-state index in [0.717, 1.165) is 26.2 Å². The Balaban J connectivity index is 2.28. The fraction of sp³-hybridized carbons (Fsp3) is 0.438. The predicted molar refractivity (Wildman–Crippen MR) is 108 cm³/mol. The lowest BCUT2D eigenvalue weighted by molar-refractivity contribution is -0.117. The fourth-order valence-electron chi connectivity index (χ4n) is 2.38. The second-order valence-electron chi connectivity index (χ2n) is 5.61. The van der Waals surface area contributed by atoms with Crippen molar-refractivity contribution >= 4 is 49.8 Å². The standard InChI is InChI=1S/C16H22N4O3S3/c1-5-13(14(21)17-15-18-19-16(25-15)24-6-2)20(26(4,22)23)12-9-7-11(3)8-10-12/h7-10,13H,5-6H2,1-4H3,(H,17,18,21)/t13-/m1/s1. The third-order valence-corrected chi connectivity index (χ3v) is 6.56. The van der Waals surface area contributed by atoms with Crippen LogP contribution in [0.1, 0.15) is 25.8 Å². The number of carbonyl (C=O) groups is 1. The molecule has 2 aromatic rings. The average molecular weight is 415 g/mol. The van der Waals surface area contributed by atoms with Gasteiger partial charge in [-0.25, -0.2) is 8.42 Å². The first-order valence-electron chi connectivity index (χ1n) is 8.09. The predicted octanol–water partition coefficient (Wildman–Crippen LogP) is 3.14. The van der Waals surface area contributed by atoms with E-state index in [-0.39, 0.29) is 0 Å². The molecule has 1 amide bonds. The molecule has 1 N–H and O–H groups in total. The maximum atomic E-state index is 12.8. The monoisotopic (exact) mass is 414 g/mol. The van der Waals surface area contributed by atoms with E-state index < -0.39 is 22.0 Å². The van der Waals surface area contributed by atoms with Crippen LogP contribution in [-0.2, 0) is 14.8 Å². The number of hydrogen-bond acceptors (Lipinski definition) is 7. The molecule has 7 nitrogen and oxygen atoms in total. The fourth-order valence-corrected chi connectivity index (χ4v) is 5.25. The van der Waals surface area contributed by atoms with E-state index in [1.54, 1.807) is 19.1 Å². The molecular weight excluding hydrogens is 392 g/mol. The van der Waals surface area contributed by atoms with Crippen LogP contribution < -0.4 is 9.62 Å². The van der Waals surface area contributed by atoms with Gasteiger partial charge in [-0.15, -0.1) is 10.2 Å². The number of rotatable bonds is 8. The highest BCUT2D eigenvalue weighted by molar-refractivity contribution is 8.01. The molecule has 10 heteroatoms. The lowest BCUT2D eigenvalue weighted by Gasteiger charge is -2.29. The second kappa shape index (κ2) is 8.83. The zero-order valence-corrected chi connectivity index (χ0v) is 17.5.